The monoisotopic (exact) mass is 400 g/mol. The SMILES string of the molecule is CCOS(=O)(=O)SC(=O)CC(=O)SS(=O)(=O)OCC.[NaH].[NaH]. The molecule has 0 aliphatic heterocycles. The number of carbonyl (C=O) groups is 2. The summed E-state index contributed by atoms with van der Waals surface area (Å²) >= 11 is 0. The van der Waals surface area contributed by atoms with E-state index >= 15 is 0 Å². The van der Waals surface area contributed by atoms with E-state index in [2.05, 4.69) is 8.37 Å². The van der Waals surface area contributed by atoms with Gasteiger partial charge in [-0.1, -0.05) is 0 Å². The summed E-state index contributed by atoms with van der Waals surface area (Å²) in [7, 11) is -8.54. The molecule has 0 aliphatic rings. The summed E-state index contributed by atoms with van der Waals surface area (Å²) in [6, 6.07) is 0. The summed E-state index contributed by atoms with van der Waals surface area (Å²) in [5, 5.41) is -2.06. The van der Waals surface area contributed by atoms with Gasteiger partial charge in [-0.3, -0.25) is 18.0 Å². The molecule has 0 radical (unpaired) electrons. The van der Waals surface area contributed by atoms with Crippen LogP contribution in [0.25, 0.3) is 0 Å². The molecule has 116 valence electrons. The molecular weight excluding hydrogens is 386 g/mol. The molecule has 0 spiro atoms. The fourth-order valence-corrected chi connectivity index (χ4v) is 4.93. The molecule has 0 aromatic carbocycles. The first-order valence-electron chi connectivity index (χ1n) is 4.85. The average molecular weight is 400 g/mol. The molecular formula is C7H14Na2O8S4. The molecule has 0 saturated carbocycles. The summed E-state index contributed by atoms with van der Waals surface area (Å²) in [6.45, 7) is 2.53. The summed E-state index contributed by atoms with van der Waals surface area (Å²) in [6.07, 6.45) is -0.867. The Bertz CT molecular complexity index is 481. The Hall–Kier alpha value is 1.86. The Morgan fingerprint density at radius 3 is 1.33 bits per heavy atom. The van der Waals surface area contributed by atoms with E-state index in [-0.39, 0.29) is 93.9 Å². The van der Waals surface area contributed by atoms with Gasteiger partial charge in [0.2, 0.25) is 10.2 Å². The molecule has 14 heteroatoms. The predicted molar refractivity (Wildman–Crippen MR) is 85.2 cm³/mol. The van der Waals surface area contributed by atoms with Gasteiger partial charge in [-0.05, 0) is 13.8 Å². The quantitative estimate of drug-likeness (QED) is 0.290. The summed E-state index contributed by atoms with van der Waals surface area (Å²) in [5.74, 6) is 0. The van der Waals surface area contributed by atoms with Crippen molar-refractivity contribution in [3.05, 3.63) is 0 Å². The van der Waals surface area contributed by atoms with Gasteiger partial charge in [0.05, 0.1) is 41.2 Å². The van der Waals surface area contributed by atoms with Gasteiger partial charge in [0.15, 0.2) is 0 Å². The molecule has 0 bridgehead atoms. The summed E-state index contributed by atoms with van der Waals surface area (Å²) in [5.41, 5.74) is 0. The number of hydrogen-bond acceptors (Lipinski definition) is 10. The second kappa shape index (κ2) is 13.2. The van der Waals surface area contributed by atoms with Crippen LogP contribution < -0.4 is 0 Å². The van der Waals surface area contributed by atoms with Gasteiger partial charge < -0.3 is 0 Å². The van der Waals surface area contributed by atoms with Crippen LogP contribution >= 0.6 is 21.6 Å². The van der Waals surface area contributed by atoms with Gasteiger partial charge in [-0.25, -0.2) is 0 Å². The van der Waals surface area contributed by atoms with Crippen LogP contribution in [0.4, 0.5) is 0 Å². The van der Waals surface area contributed by atoms with E-state index in [1.807, 2.05) is 0 Å². The predicted octanol–water partition coefficient (Wildman–Crippen LogP) is -0.838. The summed E-state index contributed by atoms with van der Waals surface area (Å²) < 4.78 is 52.8. The van der Waals surface area contributed by atoms with Crippen LogP contribution in [0.2, 0.25) is 0 Å². The van der Waals surface area contributed by atoms with Crippen molar-refractivity contribution in [1.82, 2.24) is 0 Å². The molecule has 0 saturated heterocycles. The topological polar surface area (TPSA) is 121 Å². The molecule has 8 nitrogen and oxygen atoms in total. The van der Waals surface area contributed by atoms with Crippen molar-refractivity contribution in [3.63, 3.8) is 0 Å². The zero-order valence-corrected chi connectivity index (χ0v) is 13.3. The molecule has 21 heavy (non-hydrogen) atoms. The third kappa shape index (κ3) is 15.1. The van der Waals surface area contributed by atoms with Crippen molar-refractivity contribution in [2.75, 3.05) is 13.2 Å². The van der Waals surface area contributed by atoms with Gasteiger partial charge in [0.25, 0.3) is 0 Å². The van der Waals surface area contributed by atoms with E-state index in [4.69, 9.17) is 0 Å². The fraction of sp³-hybridized carbons (Fsp3) is 0.714. The molecule has 0 atom stereocenters. The molecule has 0 aromatic heterocycles. The molecule has 0 N–H and O–H groups in total. The van der Waals surface area contributed by atoms with Gasteiger partial charge in [-0.15, -0.1) is 0 Å². The molecule has 0 aromatic rings. The Morgan fingerprint density at radius 2 is 1.10 bits per heavy atom. The van der Waals surface area contributed by atoms with E-state index < -0.39 is 35.0 Å². The molecule has 0 unspecified atom stereocenters. The number of rotatable bonds is 8. The molecule has 0 rings (SSSR count). The molecule has 0 amide bonds. The van der Waals surface area contributed by atoms with Crippen LogP contribution in [-0.2, 0) is 36.3 Å². The first kappa shape index (κ1) is 27.7. The zero-order chi connectivity index (χ0) is 15.1. The van der Waals surface area contributed by atoms with Crippen molar-refractivity contribution < 1.29 is 34.8 Å². The van der Waals surface area contributed by atoms with E-state index in [1.165, 1.54) is 13.8 Å². The van der Waals surface area contributed by atoms with Crippen LogP contribution in [0.15, 0.2) is 0 Å². The van der Waals surface area contributed by atoms with Crippen LogP contribution in [-0.4, -0.2) is 99.4 Å². The first-order valence-corrected chi connectivity index (χ1v) is 10.3. The number of carbonyl (C=O) groups excluding carboxylic acids is 2. The molecule has 0 fully saturated rings. The van der Waals surface area contributed by atoms with Crippen LogP contribution in [0.5, 0.6) is 0 Å². The van der Waals surface area contributed by atoms with Crippen LogP contribution in [0.1, 0.15) is 20.3 Å². The Morgan fingerprint density at radius 1 is 0.810 bits per heavy atom. The Kier molecular flexibility index (Phi) is 17.4. The van der Waals surface area contributed by atoms with Gasteiger partial charge in [0, 0.05) is 0 Å². The van der Waals surface area contributed by atoms with E-state index in [0.29, 0.717) is 0 Å². The van der Waals surface area contributed by atoms with Gasteiger partial charge in [-0.2, -0.15) is 16.8 Å². The third-order valence-corrected chi connectivity index (χ3v) is 6.24. The van der Waals surface area contributed by atoms with Crippen molar-refractivity contribution in [2.45, 2.75) is 20.3 Å². The van der Waals surface area contributed by atoms with E-state index in [1.54, 1.807) is 0 Å². The van der Waals surface area contributed by atoms with Crippen molar-refractivity contribution in [3.8, 4) is 0 Å². The minimum atomic E-state index is -4.11. The van der Waals surface area contributed by atoms with Gasteiger partial charge in [0.1, 0.15) is 0 Å². The first-order chi connectivity index (χ1) is 8.62. The average Bonchev–Trinajstić information content (AvgIpc) is 2.13. The maximum atomic E-state index is 11.2. The van der Waals surface area contributed by atoms with E-state index in [9.17, 15) is 26.4 Å². The Labute approximate surface area is 175 Å². The van der Waals surface area contributed by atoms with Crippen molar-refractivity contribution in [2.24, 2.45) is 0 Å². The van der Waals surface area contributed by atoms with Crippen LogP contribution in [0.3, 0.4) is 0 Å². The normalized spacial score (nSPS) is 11.1. The van der Waals surface area contributed by atoms with Crippen molar-refractivity contribution >= 4 is 109 Å². The Balaban J connectivity index is -0.00000162. The molecule has 0 heterocycles. The maximum absolute atomic E-state index is 11.2. The number of hydrogen-bond donors (Lipinski definition) is 0. The zero-order valence-electron chi connectivity index (χ0n) is 10.0. The van der Waals surface area contributed by atoms with Crippen LogP contribution in [0, 0.1) is 0 Å². The second-order valence-corrected chi connectivity index (χ2v) is 9.51. The molecule has 0 aliphatic carbocycles. The minimum absolute atomic E-state index is 0. The van der Waals surface area contributed by atoms with Gasteiger partial charge >= 0.3 is 77.4 Å². The fourth-order valence-electron chi connectivity index (χ4n) is 0.741. The standard InChI is InChI=1S/C7H12O8S4.2Na.2H/c1-3-14-18(10,11)16-6(8)5-7(9)17-19(12,13)15-4-2;;;;/h3-5H2,1-2H3;;;;. The third-order valence-electron chi connectivity index (χ3n) is 1.20. The summed E-state index contributed by atoms with van der Waals surface area (Å²) in [4.78, 5) is 22.4. The van der Waals surface area contributed by atoms with E-state index in [0.717, 1.165) is 0 Å². The van der Waals surface area contributed by atoms with Crippen molar-refractivity contribution in [1.29, 1.82) is 0 Å². The second-order valence-electron chi connectivity index (χ2n) is 2.72.